The maximum Gasteiger partial charge on any atom is 0.407 e. The molecule has 0 aliphatic rings. The maximum atomic E-state index is 11.6. The van der Waals surface area contributed by atoms with Crippen LogP contribution in [-0.2, 0) is 20.8 Å². The van der Waals surface area contributed by atoms with Crippen LogP contribution in [0.3, 0.4) is 0 Å². The number of benzene rings is 1. The Hall–Kier alpha value is -2.45. The SMILES string of the molecule is CCOC(=O)c1csc(-c2ccc(CNC(=O)OCCOC)cc2)n1. The minimum atomic E-state index is -0.486. The number of thiazole rings is 1. The van der Waals surface area contributed by atoms with Crippen LogP contribution in [-0.4, -0.2) is 44.0 Å². The number of nitrogens with zero attached hydrogens (tertiary/aromatic N) is 1. The molecule has 0 fully saturated rings. The molecule has 0 saturated carbocycles. The maximum absolute atomic E-state index is 11.6. The molecule has 7 nitrogen and oxygen atoms in total. The summed E-state index contributed by atoms with van der Waals surface area (Å²) in [6.45, 7) is 3.02. The van der Waals surface area contributed by atoms with E-state index in [0.29, 0.717) is 25.5 Å². The molecule has 2 aromatic rings. The van der Waals surface area contributed by atoms with Gasteiger partial charge in [0.2, 0.25) is 0 Å². The van der Waals surface area contributed by atoms with Gasteiger partial charge in [-0.2, -0.15) is 0 Å². The summed E-state index contributed by atoms with van der Waals surface area (Å²) in [7, 11) is 1.54. The molecule has 0 aliphatic heterocycles. The number of hydrogen-bond acceptors (Lipinski definition) is 7. The third-order valence-electron chi connectivity index (χ3n) is 3.15. The van der Waals surface area contributed by atoms with Crippen molar-refractivity contribution in [1.29, 1.82) is 0 Å². The molecule has 134 valence electrons. The molecule has 8 heteroatoms. The fourth-order valence-electron chi connectivity index (χ4n) is 1.91. The molecule has 1 N–H and O–H groups in total. The molecule has 0 unspecified atom stereocenters. The minimum absolute atomic E-state index is 0.216. The van der Waals surface area contributed by atoms with Gasteiger partial charge in [-0.05, 0) is 12.5 Å². The van der Waals surface area contributed by atoms with E-state index < -0.39 is 12.1 Å². The first kappa shape index (κ1) is 18.9. The van der Waals surface area contributed by atoms with Crippen molar-refractivity contribution in [3.8, 4) is 10.6 Å². The summed E-state index contributed by atoms with van der Waals surface area (Å²) in [5.41, 5.74) is 2.13. The molecule has 0 atom stereocenters. The van der Waals surface area contributed by atoms with Crippen molar-refractivity contribution in [2.45, 2.75) is 13.5 Å². The molecule has 2 rings (SSSR count). The van der Waals surface area contributed by atoms with Crippen LogP contribution in [0.2, 0.25) is 0 Å². The molecule has 0 bridgehead atoms. The van der Waals surface area contributed by atoms with E-state index in [-0.39, 0.29) is 6.61 Å². The first-order valence-electron chi connectivity index (χ1n) is 7.75. The summed E-state index contributed by atoms with van der Waals surface area (Å²) in [5, 5.41) is 5.08. The van der Waals surface area contributed by atoms with Crippen molar-refractivity contribution in [3.63, 3.8) is 0 Å². The van der Waals surface area contributed by atoms with Crippen molar-refractivity contribution in [2.24, 2.45) is 0 Å². The van der Waals surface area contributed by atoms with Crippen LogP contribution in [0.4, 0.5) is 4.79 Å². The Labute approximate surface area is 149 Å². The van der Waals surface area contributed by atoms with Crippen molar-refractivity contribution in [3.05, 3.63) is 40.9 Å². The second kappa shape index (κ2) is 9.75. The van der Waals surface area contributed by atoms with Gasteiger partial charge in [0.1, 0.15) is 11.6 Å². The zero-order valence-electron chi connectivity index (χ0n) is 14.1. The summed E-state index contributed by atoms with van der Waals surface area (Å²) < 4.78 is 14.6. The Morgan fingerprint density at radius 1 is 1.16 bits per heavy atom. The average molecular weight is 364 g/mol. The number of ether oxygens (including phenoxy) is 3. The van der Waals surface area contributed by atoms with E-state index in [2.05, 4.69) is 10.3 Å². The molecule has 0 saturated heterocycles. The van der Waals surface area contributed by atoms with Crippen molar-refractivity contribution >= 4 is 23.4 Å². The summed E-state index contributed by atoms with van der Waals surface area (Å²) in [4.78, 5) is 27.4. The number of alkyl carbamates (subject to hydrolysis) is 1. The van der Waals surface area contributed by atoms with E-state index in [1.807, 2.05) is 24.3 Å². The molecule has 0 radical (unpaired) electrons. The molecule has 1 heterocycles. The predicted molar refractivity (Wildman–Crippen MR) is 93.6 cm³/mol. The highest BCUT2D eigenvalue weighted by Crippen LogP contribution is 2.24. The highest BCUT2D eigenvalue weighted by molar-refractivity contribution is 7.13. The lowest BCUT2D eigenvalue weighted by molar-refractivity contribution is 0.0520. The summed E-state index contributed by atoms with van der Waals surface area (Å²) in [6, 6.07) is 7.55. The second-order valence-corrected chi connectivity index (χ2v) is 5.80. The standard InChI is InChI=1S/C17H20N2O5S/c1-3-23-16(20)14-11-25-15(19-14)13-6-4-12(5-7-13)10-18-17(21)24-9-8-22-2/h4-7,11H,3,8-10H2,1-2H3,(H,18,21). The Bertz CT molecular complexity index is 699. The van der Waals surface area contributed by atoms with Crippen molar-refractivity contribution < 1.29 is 23.8 Å². The Morgan fingerprint density at radius 2 is 1.92 bits per heavy atom. The highest BCUT2D eigenvalue weighted by atomic mass is 32.1. The Kier molecular flexibility index (Phi) is 7.36. The van der Waals surface area contributed by atoms with Crippen molar-refractivity contribution in [2.75, 3.05) is 26.9 Å². The number of nitrogens with one attached hydrogen (secondary N) is 1. The van der Waals surface area contributed by atoms with Crippen LogP contribution in [0.1, 0.15) is 23.0 Å². The molecular formula is C17H20N2O5S. The second-order valence-electron chi connectivity index (χ2n) is 4.94. The number of esters is 1. The van der Waals surface area contributed by atoms with Gasteiger partial charge in [0.15, 0.2) is 5.69 Å². The van der Waals surface area contributed by atoms with Gasteiger partial charge in [-0.25, -0.2) is 14.6 Å². The van der Waals surface area contributed by atoms with Crippen LogP contribution in [0.5, 0.6) is 0 Å². The fraction of sp³-hybridized carbons (Fsp3) is 0.353. The van der Waals surface area contributed by atoms with E-state index in [0.717, 1.165) is 16.1 Å². The van der Waals surface area contributed by atoms with Crippen molar-refractivity contribution in [1.82, 2.24) is 10.3 Å². The summed E-state index contributed by atoms with van der Waals surface area (Å²) in [6.07, 6.45) is -0.486. The van der Waals surface area contributed by atoms with E-state index >= 15 is 0 Å². The largest absolute Gasteiger partial charge is 0.461 e. The first-order valence-corrected chi connectivity index (χ1v) is 8.63. The average Bonchev–Trinajstić information content (AvgIpc) is 3.11. The number of methoxy groups -OCH3 is 1. The number of rotatable bonds is 8. The topological polar surface area (TPSA) is 86.8 Å². The Balaban J connectivity index is 1.89. The molecule has 1 aromatic heterocycles. The number of amides is 1. The molecule has 0 spiro atoms. The Morgan fingerprint density at radius 3 is 2.60 bits per heavy atom. The van der Waals surface area contributed by atoms with Gasteiger partial charge < -0.3 is 19.5 Å². The number of carbonyl (C=O) groups is 2. The van der Waals surface area contributed by atoms with Gasteiger partial charge in [-0.1, -0.05) is 24.3 Å². The van der Waals surface area contributed by atoms with Gasteiger partial charge >= 0.3 is 12.1 Å². The minimum Gasteiger partial charge on any atom is -0.461 e. The van der Waals surface area contributed by atoms with Crippen LogP contribution < -0.4 is 5.32 Å². The normalized spacial score (nSPS) is 10.3. The monoisotopic (exact) mass is 364 g/mol. The molecular weight excluding hydrogens is 344 g/mol. The van der Waals surface area contributed by atoms with Gasteiger partial charge in [-0.15, -0.1) is 11.3 Å². The number of hydrogen-bond donors (Lipinski definition) is 1. The van der Waals surface area contributed by atoms with Crippen LogP contribution >= 0.6 is 11.3 Å². The van der Waals surface area contributed by atoms with E-state index in [9.17, 15) is 9.59 Å². The zero-order valence-corrected chi connectivity index (χ0v) is 14.9. The van der Waals surface area contributed by atoms with Crippen LogP contribution in [0.25, 0.3) is 10.6 Å². The third-order valence-corrected chi connectivity index (χ3v) is 4.04. The van der Waals surface area contributed by atoms with Gasteiger partial charge in [-0.3, -0.25) is 0 Å². The van der Waals surface area contributed by atoms with Crippen LogP contribution in [0, 0.1) is 0 Å². The zero-order chi connectivity index (χ0) is 18.1. The summed E-state index contributed by atoms with van der Waals surface area (Å²) in [5.74, 6) is -0.419. The highest BCUT2D eigenvalue weighted by Gasteiger charge is 2.12. The van der Waals surface area contributed by atoms with Gasteiger partial charge in [0.05, 0.1) is 13.2 Å². The lowest BCUT2D eigenvalue weighted by Gasteiger charge is -2.07. The first-order chi connectivity index (χ1) is 12.1. The van der Waals surface area contributed by atoms with E-state index in [4.69, 9.17) is 14.2 Å². The van der Waals surface area contributed by atoms with E-state index in [1.165, 1.54) is 11.3 Å². The summed E-state index contributed by atoms with van der Waals surface area (Å²) >= 11 is 1.38. The van der Waals surface area contributed by atoms with E-state index in [1.54, 1.807) is 19.4 Å². The number of aromatic nitrogens is 1. The quantitative estimate of drug-likeness (QED) is 0.572. The molecule has 1 amide bonds. The number of carbonyl (C=O) groups excluding carboxylic acids is 2. The fourth-order valence-corrected chi connectivity index (χ4v) is 2.71. The smallest absolute Gasteiger partial charge is 0.407 e. The van der Waals surface area contributed by atoms with Gasteiger partial charge in [0.25, 0.3) is 0 Å². The molecule has 1 aromatic carbocycles. The van der Waals surface area contributed by atoms with Crippen LogP contribution in [0.15, 0.2) is 29.6 Å². The molecule has 25 heavy (non-hydrogen) atoms. The lowest BCUT2D eigenvalue weighted by Crippen LogP contribution is -2.25. The lowest BCUT2D eigenvalue weighted by atomic mass is 10.1. The third kappa shape index (κ3) is 5.84. The molecule has 0 aliphatic carbocycles. The van der Waals surface area contributed by atoms with Gasteiger partial charge in [0, 0.05) is 24.6 Å². The predicted octanol–water partition coefficient (Wildman–Crippen LogP) is 2.86.